The molecule has 0 saturated carbocycles. The molecule has 0 unspecified atom stereocenters. The minimum absolute atomic E-state index is 0. The van der Waals surface area contributed by atoms with Crippen LogP contribution in [0.2, 0.25) is 0 Å². The van der Waals surface area contributed by atoms with Crippen LogP contribution >= 0.6 is 0 Å². The van der Waals surface area contributed by atoms with Gasteiger partial charge < -0.3 is 21.3 Å². The Hall–Kier alpha value is 0.263. The molecular formula is C12H13K2N3O7. The van der Waals surface area contributed by atoms with E-state index in [1.165, 1.54) is 6.07 Å². The van der Waals surface area contributed by atoms with Crippen LogP contribution in [0.3, 0.4) is 0 Å². The minimum atomic E-state index is -1.50. The number of aromatic carboxylic acids is 1. The number of hydrogen-bond acceptors (Lipinski definition) is 6. The number of anilines is 1. The summed E-state index contributed by atoms with van der Waals surface area (Å²) in [7, 11) is 0. The van der Waals surface area contributed by atoms with Crippen molar-refractivity contribution in [1.82, 2.24) is 0 Å². The number of nitro benzene ring substituents is 1. The summed E-state index contributed by atoms with van der Waals surface area (Å²) < 4.78 is 0. The van der Waals surface area contributed by atoms with Gasteiger partial charge in [0, 0.05) is 121 Å². The van der Waals surface area contributed by atoms with Crippen LogP contribution in [-0.2, 0) is 9.59 Å². The fourth-order valence-corrected chi connectivity index (χ4v) is 1.58. The van der Waals surface area contributed by atoms with Gasteiger partial charge in [0.25, 0.3) is 5.69 Å². The molecule has 24 heavy (non-hydrogen) atoms. The molecule has 2 radical (unpaired) electrons. The Morgan fingerprint density at radius 1 is 1.25 bits per heavy atom. The first-order valence-corrected chi connectivity index (χ1v) is 6.02. The van der Waals surface area contributed by atoms with Crippen LogP contribution in [0.5, 0.6) is 0 Å². The van der Waals surface area contributed by atoms with E-state index >= 15 is 0 Å². The second-order valence-electron chi connectivity index (χ2n) is 4.33. The fourth-order valence-electron chi connectivity index (χ4n) is 1.58. The molecule has 10 nitrogen and oxygen atoms in total. The Balaban J connectivity index is 0. The number of carbonyl (C=O) groups is 3. The predicted octanol–water partition coefficient (Wildman–Crippen LogP) is -0.338. The monoisotopic (exact) mass is 389 g/mol. The number of hydrogen-bond donors (Lipinski definition) is 4. The van der Waals surface area contributed by atoms with Gasteiger partial charge in [-0.3, -0.25) is 19.7 Å². The van der Waals surface area contributed by atoms with Crippen molar-refractivity contribution in [2.45, 2.75) is 18.9 Å². The normalized spacial score (nSPS) is 10.5. The standard InChI is InChI=1S/C12H13N3O7.2K/c13-8(12(19)20)2-4-10(16)14-6-1-3-9(15(21)22)7(5-6)11(17)18;;/h1,3,5,8H,2,4,13H2,(H,14,16)(H,17,18)(H,19,20);;/t8-;;/m0../s1. The zero-order valence-electron chi connectivity index (χ0n) is 13.2. The number of nitro groups is 1. The Morgan fingerprint density at radius 3 is 2.29 bits per heavy atom. The summed E-state index contributed by atoms with van der Waals surface area (Å²) in [5.74, 6) is -3.33. The second-order valence-corrected chi connectivity index (χ2v) is 4.33. The van der Waals surface area contributed by atoms with Gasteiger partial charge in [-0.1, -0.05) is 0 Å². The summed E-state index contributed by atoms with van der Waals surface area (Å²) in [4.78, 5) is 42.9. The summed E-state index contributed by atoms with van der Waals surface area (Å²) in [6, 6.07) is 1.91. The molecule has 1 aromatic rings. The van der Waals surface area contributed by atoms with Gasteiger partial charge in [-0.05, 0) is 18.6 Å². The van der Waals surface area contributed by atoms with Crippen molar-refractivity contribution in [2.75, 3.05) is 5.32 Å². The Morgan fingerprint density at radius 2 is 1.83 bits per heavy atom. The van der Waals surface area contributed by atoms with Gasteiger partial charge in [-0.2, -0.15) is 0 Å². The SMILES string of the molecule is N[C@@H](CCC(=O)Nc1ccc([N+](=O)[O-])c(C(=O)O)c1)C(=O)O.[K].[K]. The second kappa shape index (κ2) is 12.6. The van der Waals surface area contributed by atoms with Crippen molar-refractivity contribution in [3.05, 3.63) is 33.9 Å². The summed E-state index contributed by atoms with van der Waals surface area (Å²) >= 11 is 0. The molecule has 12 heteroatoms. The van der Waals surface area contributed by atoms with Gasteiger partial charge in [-0.15, -0.1) is 0 Å². The van der Waals surface area contributed by atoms with Crippen LogP contribution in [0, 0.1) is 10.1 Å². The van der Waals surface area contributed by atoms with E-state index in [4.69, 9.17) is 15.9 Å². The molecular weight excluding hydrogens is 376 g/mol. The van der Waals surface area contributed by atoms with Gasteiger partial charge in [-0.25, -0.2) is 4.79 Å². The van der Waals surface area contributed by atoms with Gasteiger partial charge in [0.15, 0.2) is 0 Å². The van der Waals surface area contributed by atoms with Crippen LogP contribution in [-0.4, -0.2) is 142 Å². The first kappa shape index (κ1) is 26.5. The number of nitrogens with one attached hydrogen (secondary N) is 1. The van der Waals surface area contributed by atoms with E-state index in [1.807, 2.05) is 0 Å². The van der Waals surface area contributed by atoms with Gasteiger partial charge in [0.1, 0.15) is 11.6 Å². The number of benzene rings is 1. The third-order valence-corrected chi connectivity index (χ3v) is 2.71. The number of nitrogens with two attached hydrogens (primary N) is 1. The zero-order valence-corrected chi connectivity index (χ0v) is 19.4. The van der Waals surface area contributed by atoms with Crippen molar-refractivity contribution in [3.63, 3.8) is 0 Å². The minimum Gasteiger partial charge on any atom is -0.480 e. The van der Waals surface area contributed by atoms with Crippen LogP contribution in [0.25, 0.3) is 0 Å². The Kier molecular flexibility index (Phi) is 13.9. The van der Waals surface area contributed by atoms with Crippen molar-refractivity contribution >= 4 is 132 Å². The van der Waals surface area contributed by atoms with E-state index in [1.54, 1.807) is 0 Å². The third kappa shape index (κ3) is 8.57. The average Bonchev–Trinajstić information content (AvgIpc) is 2.44. The maximum atomic E-state index is 11.6. The van der Waals surface area contributed by atoms with E-state index in [2.05, 4.69) is 5.32 Å². The molecule has 0 aliphatic rings. The number of rotatable bonds is 7. The first-order valence-electron chi connectivity index (χ1n) is 6.02. The molecule has 1 atom stereocenters. The number of aliphatic carboxylic acids is 1. The molecule has 0 bridgehead atoms. The molecule has 1 rings (SSSR count). The molecule has 5 N–H and O–H groups in total. The van der Waals surface area contributed by atoms with Gasteiger partial charge >= 0.3 is 11.9 Å². The zero-order chi connectivity index (χ0) is 16.9. The van der Waals surface area contributed by atoms with Gasteiger partial charge in [0.05, 0.1) is 4.92 Å². The number of amides is 1. The number of nitrogens with zero attached hydrogens (tertiary/aromatic N) is 1. The van der Waals surface area contributed by atoms with E-state index in [0.717, 1.165) is 12.1 Å². The number of carbonyl (C=O) groups excluding carboxylic acids is 1. The largest absolute Gasteiger partial charge is 0.480 e. The summed E-state index contributed by atoms with van der Waals surface area (Å²) in [5.41, 5.74) is 4.13. The van der Waals surface area contributed by atoms with E-state index in [0.29, 0.717) is 0 Å². The summed E-state index contributed by atoms with van der Waals surface area (Å²) in [5, 5.41) is 30.5. The predicted molar refractivity (Wildman–Crippen MR) is 85.0 cm³/mol. The maximum absolute atomic E-state index is 11.6. The van der Waals surface area contributed by atoms with Crippen LogP contribution in [0.1, 0.15) is 23.2 Å². The maximum Gasteiger partial charge on any atom is 0.342 e. The molecule has 120 valence electrons. The topological polar surface area (TPSA) is 173 Å². The van der Waals surface area contributed by atoms with E-state index in [-0.39, 0.29) is 121 Å². The Labute approximate surface area is 221 Å². The first-order chi connectivity index (χ1) is 10.2. The molecule has 0 spiro atoms. The molecule has 0 aromatic heterocycles. The van der Waals surface area contributed by atoms with Crippen molar-refractivity contribution in [3.8, 4) is 0 Å². The van der Waals surface area contributed by atoms with Crippen molar-refractivity contribution in [1.29, 1.82) is 0 Å². The Bertz CT molecular complexity index is 639. The van der Waals surface area contributed by atoms with E-state index < -0.39 is 40.1 Å². The molecule has 1 aromatic carbocycles. The van der Waals surface area contributed by atoms with Crippen molar-refractivity contribution in [2.24, 2.45) is 5.73 Å². The molecule has 0 aliphatic heterocycles. The van der Waals surface area contributed by atoms with E-state index in [9.17, 15) is 24.5 Å². The number of carboxylic acid groups (broad SMARTS) is 2. The van der Waals surface area contributed by atoms with Crippen LogP contribution in [0.4, 0.5) is 11.4 Å². The third-order valence-electron chi connectivity index (χ3n) is 2.71. The molecule has 0 saturated heterocycles. The summed E-state index contributed by atoms with van der Waals surface area (Å²) in [6.07, 6.45) is -0.285. The van der Waals surface area contributed by atoms with Crippen LogP contribution in [0.15, 0.2) is 18.2 Å². The quantitative estimate of drug-likeness (QED) is 0.278. The molecule has 0 heterocycles. The molecule has 1 amide bonds. The van der Waals surface area contributed by atoms with Crippen LogP contribution < -0.4 is 11.1 Å². The van der Waals surface area contributed by atoms with Crippen molar-refractivity contribution < 1.29 is 29.5 Å². The smallest absolute Gasteiger partial charge is 0.342 e. The molecule has 0 fully saturated rings. The number of carboxylic acids is 2. The van der Waals surface area contributed by atoms with Gasteiger partial charge in [0.2, 0.25) is 5.91 Å². The summed E-state index contributed by atoms with van der Waals surface area (Å²) in [6.45, 7) is 0. The molecule has 0 aliphatic carbocycles. The average molecular weight is 389 g/mol. The fraction of sp³-hybridized carbons (Fsp3) is 0.250.